The minimum absolute atomic E-state index is 0.150. The molecule has 3 rings (SSSR count). The average Bonchev–Trinajstić information content (AvgIpc) is 2.97. The van der Waals surface area contributed by atoms with Crippen molar-refractivity contribution < 1.29 is 9.13 Å². The smallest absolute Gasteiger partial charge is 0.220 e. The van der Waals surface area contributed by atoms with E-state index in [4.69, 9.17) is 10.5 Å². The summed E-state index contributed by atoms with van der Waals surface area (Å²) >= 11 is 0. The monoisotopic (exact) mass is 314 g/mol. The van der Waals surface area contributed by atoms with E-state index in [9.17, 15) is 4.39 Å². The Kier molecular flexibility index (Phi) is 4.24. The number of halogens is 1. The van der Waals surface area contributed by atoms with E-state index in [1.54, 1.807) is 29.1 Å². The highest BCUT2D eigenvalue weighted by atomic mass is 19.1. The predicted molar refractivity (Wildman–Crippen MR) is 82.5 cm³/mol. The average molecular weight is 314 g/mol. The number of rotatable bonds is 5. The van der Waals surface area contributed by atoms with E-state index in [2.05, 4.69) is 20.3 Å². The molecule has 0 bridgehead atoms. The second-order valence-electron chi connectivity index (χ2n) is 4.72. The van der Waals surface area contributed by atoms with Gasteiger partial charge in [0.25, 0.3) is 0 Å². The molecular weight excluding hydrogens is 299 g/mol. The summed E-state index contributed by atoms with van der Waals surface area (Å²) in [6, 6.07) is 7.73. The van der Waals surface area contributed by atoms with Crippen LogP contribution in [0.15, 0.2) is 36.5 Å². The van der Waals surface area contributed by atoms with Crippen LogP contribution >= 0.6 is 0 Å². The first-order chi connectivity index (χ1) is 11.2. The van der Waals surface area contributed by atoms with Gasteiger partial charge in [-0.05, 0) is 37.3 Å². The summed E-state index contributed by atoms with van der Waals surface area (Å²) in [6.45, 7) is 2.65. The van der Waals surface area contributed by atoms with Crippen LogP contribution in [0.4, 0.5) is 10.3 Å². The third kappa shape index (κ3) is 3.16. The molecule has 7 nitrogen and oxygen atoms in total. The summed E-state index contributed by atoms with van der Waals surface area (Å²) in [5.74, 6) is -0.167. The molecule has 0 aliphatic heterocycles. The Morgan fingerprint density at radius 3 is 2.70 bits per heavy atom. The largest absolute Gasteiger partial charge is 0.368 e. The zero-order chi connectivity index (χ0) is 16.2. The Bertz CT molecular complexity index is 802. The van der Waals surface area contributed by atoms with Crippen LogP contribution in [0.3, 0.4) is 0 Å². The number of ether oxygens (including phenoxy) is 1. The highest BCUT2D eigenvalue weighted by Crippen LogP contribution is 2.29. The SMILES string of the molecule is CCOCn1nnc(-c2ccc(F)cc2)c1-c1ccnc(N)n1. The van der Waals surface area contributed by atoms with Crippen LogP contribution in [-0.2, 0) is 11.5 Å². The van der Waals surface area contributed by atoms with E-state index in [0.29, 0.717) is 23.7 Å². The quantitative estimate of drug-likeness (QED) is 0.775. The van der Waals surface area contributed by atoms with Crippen LogP contribution < -0.4 is 5.73 Å². The van der Waals surface area contributed by atoms with Gasteiger partial charge in [-0.15, -0.1) is 5.10 Å². The molecule has 3 aromatic rings. The van der Waals surface area contributed by atoms with Crippen molar-refractivity contribution >= 4 is 5.95 Å². The van der Waals surface area contributed by atoms with Crippen LogP contribution in [-0.4, -0.2) is 31.6 Å². The Hall–Kier alpha value is -2.87. The molecular formula is C15H15FN6O. The summed E-state index contributed by atoms with van der Waals surface area (Å²) < 4.78 is 20.1. The van der Waals surface area contributed by atoms with Crippen molar-refractivity contribution in [1.29, 1.82) is 0 Å². The lowest BCUT2D eigenvalue weighted by Gasteiger charge is -2.08. The molecule has 0 spiro atoms. The van der Waals surface area contributed by atoms with Gasteiger partial charge in [-0.25, -0.2) is 19.0 Å². The molecule has 23 heavy (non-hydrogen) atoms. The second kappa shape index (κ2) is 6.49. The van der Waals surface area contributed by atoms with Gasteiger partial charge in [0.15, 0.2) is 0 Å². The summed E-state index contributed by atoms with van der Waals surface area (Å²) in [5, 5.41) is 8.29. The van der Waals surface area contributed by atoms with Gasteiger partial charge in [0.1, 0.15) is 23.9 Å². The van der Waals surface area contributed by atoms with Crippen molar-refractivity contribution in [1.82, 2.24) is 25.0 Å². The molecule has 8 heteroatoms. The zero-order valence-corrected chi connectivity index (χ0v) is 12.5. The molecule has 1 aromatic carbocycles. The molecule has 2 heterocycles. The number of nitrogens with two attached hydrogens (primary N) is 1. The van der Waals surface area contributed by atoms with Gasteiger partial charge in [0.2, 0.25) is 5.95 Å². The highest BCUT2D eigenvalue weighted by Gasteiger charge is 2.18. The molecule has 0 radical (unpaired) electrons. The Labute approximate surface area is 131 Å². The normalized spacial score (nSPS) is 10.9. The van der Waals surface area contributed by atoms with E-state index < -0.39 is 0 Å². The molecule has 0 aliphatic carbocycles. The summed E-state index contributed by atoms with van der Waals surface area (Å²) in [6.07, 6.45) is 1.56. The van der Waals surface area contributed by atoms with Gasteiger partial charge in [0, 0.05) is 18.4 Å². The summed E-state index contributed by atoms with van der Waals surface area (Å²) in [7, 11) is 0. The van der Waals surface area contributed by atoms with Crippen molar-refractivity contribution in [2.75, 3.05) is 12.3 Å². The maximum Gasteiger partial charge on any atom is 0.220 e. The number of aromatic nitrogens is 5. The van der Waals surface area contributed by atoms with Crippen LogP contribution in [0.1, 0.15) is 6.92 Å². The first kappa shape index (κ1) is 15.0. The first-order valence-corrected chi connectivity index (χ1v) is 7.05. The summed E-state index contributed by atoms with van der Waals surface area (Å²) in [5.41, 5.74) is 8.17. The lowest BCUT2D eigenvalue weighted by molar-refractivity contribution is 0.0790. The van der Waals surface area contributed by atoms with E-state index in [1.807, 2.05) is 6.92 Å². The Balaban J connectivity index is 2.12. The van der Waals surface area contributed by atoms with Crippen molar-refractivity contribution in [3.8, 4) is 22.6 Å². The van der Waals surface area contributed by atoms with Crippen LogP contribution in [0.5, 0.6) is 0 Å². The Morgan fingerprint density at radius 1 is 1.22 bits per heavy atom. The maximum atomic E-state index is 13.2. The third-order valence-electron chi connectivity index (χ3n) is 3.19. The number of benzene rings is 1. The van der Waals surface area contributed by atoms with Crippen molar-refractivity contribution in [3.63, 3.8) is 0 Å². The first-order valence-electron chi connectivity index (χ1n) is 7.05. The molecule has 0 saturated carbocycles. The maximum absolute atomic E-state index is 13.2. The topological polar surface area (TPSA) is 91.7 Å². The second-order valence-corrected chi connectivity index (χ2v) is 4.72. The fraction of sp³-hybridized carbons (Fsp3) is 0.200. The van der Waals surface area contributed by atoms with Gasteiger partial charge < -0.3 is 10.5 Å². The minimum Gasteiger partial charge on any atom is -0.368 e. The fourth-order valence-electron chi connectivity index (χ4n) is 2.14. The van der Waals surface area contributed by atoms with Gasteiger partial charge in [-0.3, -0.25) is 0 Å². The van der Waals surface area contributed by atoms with Crippen LogP contribution in [0.25, 0.3) is 22.6 Å². The van der Waals surface area contributed by atoms with Crippen LogP contribution in [0.2, 0.25) is 0 Å². The molecule has 2 aromatic heterocycles. The molecule has 0 saturated heterocycles. The minimum atomic E-state index is -0.316. The van der Waals surface area contributed by atoms with Crippen molar-refractivity contribution in [2.45, 2.75) is 13.7 Å². The molecule has 118 valence electrons. The molecule has 0 aliphatic rings. The van der Waals surface area contributed by atoms with Gasteiger partial charge >= 0.3 is 0 Å². The molecule has 0 amide bonds. The highest BCUT2D eigenvalue weighted by molar-refractivity contribution is 5.76. The lowest BCUT2D eigenvalue weighted by atomic mass is 10.1. The lowest BCUT2D eigenvalue weighted by Crippen LogP contribution is -2.07. The van der Waals surface area contributed by atoms with E-state index in [-0.39, 0.29) is 18.5 Å². The number of anilines is 1. The van der Waals surface area contributed by atoms with E-state index in [0.717, 1.165) is 5.56 Å². The summed E-state index contributed by atoms with van der Waals surface area (Å²) in [4.78, 5) is 8.12. The van der Waals surface area contributed by atoms with E-state index >= 15 is 0 Å². The van der Waals surface area contributed by atoms with Gasteiger partial charge in [-0.1, -0.05) is 5.21 Å². The van der Waals surface area contributed by atoms with Crippen molar-refractivity contribution in [2.24, 2.45) is 0 Å². The number of nitrogen functional groups attached to an aromatic ring is 1. The fourth-order valence-corrected chi connectivity index (χ4v) is 2.14. The number of hydrogen-bond acceptors (Lipinski definition) is 6. The third-order valence-corrected chi connectivity index (χ3v) is 3.19. The molecule has 0 atom stereocenters. The predicted octanol–water partition coefficient (Wildman–Crippen LogP) is 2.12. The Morgan fingerprint density at radius 2 is 2.00 bits per heavy atom. The van der Waals surface area contributed by atoms with Crippen molar-refractivity contribution in [3.05, 3.63) is 42.3 Å². The molecule has 2 N–H and O–H groups in total. The standard InChI is InChI=1S/C15H15FN6O/c1-2-23-9-22-14(12-7-8-18-15(17)19-12)13(20-21-22)10-3-5-11(16)6-4-10/h3-8H,2,9H2,1H3,(H2,17,18,19). The van der Waals surface area contributed by atoms with Crippen LogP contribution in [0, 0.1) is 5.82 Å². The van der Waals surface area contributed by atoms with Gasteiger partial charge in [0.05, 0.1) is 5.69 Å². The molecule has 0 fully saturated rings. The molecule has 0 unspecified atom stereocenters. The number of nitrogens with zero attached hydrogens (tertiary/aromatic N) is 5. The zero-order valence-electron chi connectivity index (χ0n) is 12.5. The van der Waals surface area contributed by atoms with Gasteiger partial charge in [-0.2, -0.15) is 0 Å². The number of hydrogen-bond donors (Lipinski definition) is 1. The van der Waals surface area contributed by atoms with E-state index in [1.165, 1.54) is 12.1 Å².